The predicted octanol–water partition coefficient (Wildman–Crippen LogP) is 3.85. The van der Waals surface area contributed by atoms with E-state index in [0.717, 1.165) is 23.1 Å². The Morgan fingerprint density at radius 3 is 2.91 bits per heavy atom. The number of amides is 1. The van der Waals surface area contributed by atoms with Crippen molar-refractivity contribution in [3.05, 3.63) is 29.3 Å². The van der Waals surface area contributed by atoms with Crippen LogP contribution in [0.25, 0.3) is 0 Å². The summed E-state index contributed by atoms with van der Waals surface area (Å²) >= 11 is 0. The van der Waals surface area contributed by atoms with E-state index in [1.807, 2.05) is 0 Å². The van der Waals surface area contributed by atoms with Crippen LogP contribution in [0.1, 0.15) is 50.6 Å². The van der Waals surface area contributed by atoms with Gasteiger partial charge in [-0.2, -0.15) is 13.2 Å². The van der Waals surface area contributed by atoms with Crippen LogP contribution in [0.15, 0.2) is 18.2 Å². The highest BCUT2D eigenvalue weighted by Gasteiger charge is 2.37. The molecule has 7 heteroatoms. The van der Waals surface area contributed by atoms with Crippen molar-refractivity contribution in [2.45, 2.75) is 44.9 Å². The number of benzene rings is 1. The summed E-state index contributed by atoms with van der Waals surface area (Å²) in [6.07, 6.45) is -5.41. The van der Waals surface area contributed by atoms with Gasteiger partial charge in [0.1, 0.15) is 0 Å². The average molecular weight is 321 g/mol. The van der Waals surface area contributed by atoms with Crippen LogP contribution in [0.2, 0.25) is 0 Å². The molecule has 0 spiro atoms. The van der Waals surface area contributed by atoms with Crippen LogP contribution in [0, 0.1) is 0 Å². The Morgan fingerprint density at radius 1 is 1.59 bits per heavy atom. The normalized spacial score (nSPS) is 26.0. The number of nitrogens with two attached hydrogens (primary N) is 1. The molecule has 1 aliphatic rings. The highest BCUT2D eigenvalue weighted by atomic mass is 19.4. The van der Waals surface area contributed by atoms with Crippen molar-refractivity contribution in [2.75, 3.05) is 11.5 Å². The van der Waals surface area contributed by atoms with Crippen LogP contribution < -0.4 is 10.6 Å². The molecular formula is C15H19F3N2O2. The summed E-state index contributed by atoms with van der Waals surface area (Å²) in [4.78, 5) is 13.5. The number of anilines is 1. The van der Waals surface area contributed by atoms with Crippen LogP contribution in [0.4, 0.5) is 23.7 Å². The molecule has 2 rings (SSSR count). The zero-order valence-corrected chi connectivity index (χ0v) is 11.8. The molecule has 122 valence electrons. The molecule has 2 atom stereocenters. The molecule has 0 fully saturated rings. The number of hydrogen-bond donors (Lipinski definition) is 1. The number of fused-ring (bicyclic) bond motifs is 1. The molecule has 1 aliphatic heterocycles. The lowest BCUT2D eigenvalue weighted by molar-refractivity contribution is -0.137. The van der Waals surface area contributed by atoms with Gasteiger partial charge in [-0.15, -0.1) is 0 Å². The number of ether oxygens (including phenoxy) is 1. The van der Waals surface area contributed by atoms with E-state index in [4.69, 9.17) is 12.6 Å². The number of carbonyl (C=O) groups excluding carboxylic acids is 1. The van der Waals surface area contributed by atoms with Gasteiger partial charge in [0, 0.05) is 16.2 Å². The van der Waals surface area contributed by atoms with E-state index in [2.05, 4.69) is 4.74 Å². The third kappa shape index (κ3) is 3.04. The Bertz CT molecular complexity index is 724. The van der Waals surface area contributed by atoms with Gasteiger partial charge in [0.05, 0.1) is 20.6 Å². The first kappa shape index (κ1) is 10.9. The first-order valence-corrected chi connectivity index (χ1v) is 6.68. The van der Waals surface area contributed by atoms with Gasteiger partial charge in [-0.25, -0.2) is 4.79 Å². The quantitative estimate of drug-likeness (QED) is 0.900. The smallest absolute Gasteiger partial charge is 0.416 e. The number of nitrogens with zero attached hydrogens (tertiary/aromatic N) is 1. The molecule has 22 heavy (non-hydrogen) atoms. The minimum absolute atomic E-state index is 0.0416. The molecule has 1 amide bonds. The lowest BCUT2D eigenvalue weighted by Crippen LogP contribution is -2.46. The zero-order chi connectivity index (χ0) is 20.8. The van der Waals surface area contributed by atoms with E-state index in [-0.39, 0.29) is 17.7 Å². The molecule has 2 unspecified atom stereocenters. The second kappa shape index (κ2) is 6.16. The molecule has 4 nitrogen and oxygen atoms in total. The van der Waals surface area contributed by atoms with E-state index in [9.17, 15) is 18.0 Å². The molecule has 0 aromatic heterocycles. The molecule has 2 N–H and O–H groups in total. The predicted molar refractivity (Wildman–Crippen MR) is 76.6 cm³/mol. The van der Waals surface area contributed by atoms with E-state index < -0.39 is 43.3 Å². The highest BCUT2D eigenvalue weighted by Crippen LogP contribution is 2.40. The Balaban J connectivity index is 2.47. The number of halogens is 3. The van der Waals surface area contributed by atoms with Crippen LogP contribution in [-0.4, -0.2) is 18.7 Å². The Labute approximate surface area is 134 Å². The summed E-state index contributed by atoms with van der Waals surface area (Å²) in [5, 5.41) is 0. The van der Waals surface area contributed by atoms with Gasteiger partial charge in [-0.05, 0) is 43.5 Å². The van der Waals surface area contributed by atoms with Crippen molar-refractivity contribution >= 4 is 11.8 Å². The lowest BCUT2D eigenvalue weighted by Gasteiger charge is -2.39. The summed E-state index contributed by atoms with van der Waals surface area (Å²) in [6.45, 7) is -4.77. The fourth-order valence-electron chi connectivity index (χ4n) is 2.66. The van der Waals surface area contributed by atoms with E-state index in [0.29, 0.717) is 6.42 Å². The van der Waals surface area contributed by atoms with Crippen molar-refractivity contribution in [1.82, 2.24) is 0 Å². The van der Waals surface area contributed by atoms with Crippen molar-refractivity contribution < 1.29 is 29.6 Å². The Morgan fingerprint density at radius 2 is 2.32 bits per heavy atom. The average Bonchev–Trinajstić information content (AvgIpc) is 2.51. The first-order valence-electron chi connectivity index (χ1n) is 9.18. The maximum Gasteiger partial charge on any atom is 0.416 e. The Hall–Kier alpha value is -1.76. The Kier molecular flexibility index (Phi) is 3.05. The topological polar surface area (TPSA) is 55.6 Å². The van der Waals surface area contributed by atoms with Crippen LogP contribution in [0.3, 0.4) is 0 Å². The molecule has 0 bridgehead atoms. The molecule has 0 radical (unpaired) electrons. The van der Waals surface area contributed by atoms with E-state index >= 15 is 0 Å². The summed E-state index contributed by atoms with van der Waals surface area (Å²) in [6, 6.07) is 1.33. The summed E-state index contributed by atoms with van der Waals surface area (Å²) in [7, 11) is 0. The fraction of sp³-hybridized carbons (Fsp3) is 0.533. The third-order valence-corrected chi connectivity index (χ3v) is 3.71. The van der Waals surface area contributed by atoms with Gasteiger partial charge < -0.3 is 10.5 Å². The number of rotatable bonds is 2. The minimum atomic E-state index is -4.60. The monoisotopic (exact) mass is 321 g/mol. The first-order chi connectivity index (χ1) is 12.2. The van der Waals surface area contributed by atoms with E-state index in [1.54, 1.807) is 6.92 Å². The number of alkyl halides is 3. The van der Waals surface area contributed by atoms with Crippen molar-refractivity contribution in [2.24, 2.45) is 5.73 Å². The minimum Gasteiger partial charge on any atom is -0.449 e. The third-order valence-electron chi connectivity index (χ3n) is 3.71. The standard InChI is InChI=1S/C15H19F3N2O2/c1-3-10-8-12(19)11-7-9(15(16,17)18)5-6-13(11)20(10)14(21)22-4-2/h5-7,10,12H,3-4,8,19H2,1-2H3/i2D3,4D2. The van der Waals surface area contributed by atoms with Crippen LogP contribution in [0.5, 0.6) is 0 Å². The maximum absolute atomic E-state index is 13.0. The SMILES string of the molecule is [2H]C([2H])([2H])C([2H])([2H])OC(=O)N1c2ccc(C(F)(F)F)cc2C(N)CC1CC. The highest BCUT2D eigenvalue weighted by molar-refractivity contribution is 5.90. The summed E-state index contributed by atoms with van der Waals surface area (Å²) in [5.41, 5.74) is 5.14. The maximum atomic E-state index is 13.0. The van der Waals surface area contributed by atoms with Gasteiger partial charge >= 0.3 is 12.3 Å². The van der Waals surface area contributed by atoms with Crippen LogP contribution in [-0.2, 0) is 10.9 Å². The molecule has 1 aromatic rings. The second-order valence-corrected chi connectivity index (χ2v) is 5.02. The largest absolute Gasteiger partial charge is 0.449 e. The number of carbonyl (C=O) groups is 1. The fourth-order valence-corrected chi connectivity index (χ4v) is 2.66. The van der Waals surface area contributed by atoms with Crippen molar-refractivity contribution in [3.63, 3.8) is 0 Å². The molecule has 0 aliphatic carbocycles. The zero-order valence-electron chi connectivity index (χ0n) is 16.8. The summed E-state index contributed by atoms with van der Waals surface area (Å²) in [5.74, 6) is 0. The molecule has 1 aromatic carbocycles. The molecular weight excluding hydrogens is 297 g/mol. The second-order valence-electron chi connectivity index (χ2n) is 5.02. The molecule has 0 saturated carbocycles. The van der Waals surface area contributed by atoms with Gasteiger partial charge in [-0.1, -0.05) is 6.92 Å². The number of hydrogen-bond acceptors (Lipinski definition) is 3. The van der Waals surface area contributed by atoms with Crippen LogP contribution >= 0.6 is 0 Å². The molecule has 1 heterocycles. The lowest BCUT2D eigenvalue weighted by atomic mass is 9.89. The van der Waals surface area contributed by atoms with Crippen molar-refractivity contribution in [1.29, 1.82) is 0 Å². The molecule has 0 saturated heterocycles. The van der Waals surface area contributed by atoms with Gasteiger partial charge in [0.25, 0.3) is 0 Å². The van der Waals surface area contributed by atoms with Crippen molar-refractivity contribution in [3.8, 4) is 0 Å². The van der Waals surface area contributed by atoms with Gasteiger partial charge in [0.15, 0.2) is 0 Å². The van der Waals surface area contributed by atoms with Gasteiger partial charge in [0.2, 0.25) is 0 Å². The van der Waals surface area contributed by atoms with Gasteiger partial charge in [-0.3, -0.25) is 4.90 Å². The summed E-state index contributed by atoms with van der Waals surface area (Å²) < 4.78 is 79.8. The van der Waals surface area contributed by atoms with E-state index in [1.165, 1.54) is 0 Å².